The Labute approximate surface area is 76.8 Å². The average molecular weight is 186 g/mol. The molecule has 1 aliphatic heterocycles. The Morgan fingerprint density at radius 1 is 1.62 bits per heavy atom. The van der Waals surface area contributed by atoms with Crippen molar-refractivity contribution >= 4 is 5.97 Å². The van der Waals surface area contributed by atoms with Crippen LogP contribution in [0.1, 0.15) is 13.8 Å². The largest absolute Gasteiger partial charge is 0.466 e. The van der Waals surface area contributed by atoms with Gasteiger partial charge in [-0.15, -0.1) is 0 Å². The third-order valence-corrected chi connectivity index (χ3v) is 2.81. The van der Waals surface area contributed by atoms with Gasteiger partial charge >= 0.3 is 5.97 Å². The molecule has 5 atom stereocenters. The summed E-state index contributed by atoms with van der Waals surface area (Å²) in [6.45, 7) is 3.98. The number of hydrogen-bond donors (Lipinski definition) is 1. The molecular weight excluding hydrogens is 172 g/mol. The summed E-state index contributed by atoms with van der Waals surface area (Å²) in [6, 6.07) is 0. The number of hydrogen-bond acceptors (Lipinski definition) is 4. The Balaban J connectivity index is 1.92. The summed E-state index contributed by atoms with van der Waals surface area (Å²) in [5.41, 5.74) is 0. The number of fused-ring (bicyclic) bond motifs is 1. The van der Waals surface area contributed by atoms with Gasteiger partial charge in [-0.05, 0) is 13.8 Å². The summed E-state index contributed by atoms with van der Waals surface area (Å²) in [5.74, 6) is -0.469. The van der Waals surface area contributed by atoms with E-state index in [4.69, 9.17) is 9.47 Å². The SMILES string of the molecule is CCOC(=O)[C@H]1[C@@H]2O[C@@H](C)[C@H](O)[C@@H]21. The van der Waals surface area contributed by atoms with Crippen LogP contribution in [0.2, 0.25) is 0 Å². The number of aliphatic hydroxyl groups is 1. The minimum Gasteiger partial charge on any atom is -0.466 e. The van der Waals surface area contributed by atoms with E-state index < -0.39 is 6.10 Å². The Kier molecular flexibility index (Phi) is 2.04. The van der Waals surface area contributed by atoms with Gasteiger partial charge in [0.2, 0.25) is 0 Å². The van der Waals surface area contributed by atoms with E-state index in [-0.39, 0.29) is 30.0 Å². The molecule has 2 rings (SSSR count). The van der Waals surface area contributed by atoms with E-state index in [1.807, 2.05) is 6.92 Å². The molecule has 2 fully saturated rings. The Morgan fingerprint density at radius 3 is 2.77 bits per heavy atom. The van der Waals surface area contributed by atoms with Gasteiger partial charge in [0.15, 0.2) is 0 Å². The van der Waals surface area contributed by atoms with Gasteiger partial charge in [0.05, 0.1) is 30.8 Å². The van der Waals surface area contributed by atoms with Crippen molar-refractivity contribution in [1.82, 2.24) is 0 Å². The van der Waals surface area contributed by atoms with Crippen LogP contribution in [0, 0.1) is 11.8 Å². The van der Waals surface area contributed by atoms with Crippen LogP contribution in [0.15, 0.2) is 0 Å². The van der Waals surface area contributed by atoms with Crippen molar-refractivity contribution in [3.05, 3.63) is 0 Å². The van der Waals surface area contributed by atoms with Crippen molar-refractivity contribution in [2.24, 2.45) is 11.8 Å². The van der Waals surface area contributed by atoms with E-state index in [9.17, 15) is 9.90 Å². The zero-order valence-electron chi connectivity index (χ0n) is 7.77. The molecule has 1 saturated carbocycles. The number of carbonyl (C=O) groups is 1. The fourth-order valence-electron chi connectivity index (χ4n) is 2.06. The highest BCUT2D eigenvalue weighted by atomic mass is 16.6. The Hall–Kier alpha value is -0.610. The lowest BCUT2D eigenvalue weighted by atomic mass is 10.1. The van der Waals surface area contributed by atoms with E-state index in [1.165, 1.54) is 0 Å². The van der Waals surface area contributed by atoms with Crippen LogP contribution in [0.5, 0.6) is 0 Å². The lowest BCUT2D eigenvalue weighted by molar-refractivity contribution is -0.148. The summed E-state index contributed by atoms with van der Waals surface area (Å²) < 4.78 is 10.2. The van der Waals surface area contributed by atoms with Gasteiger partial charge in [0, 0.05) is 5.92 Å². The zero-order valence-corrected chi connectivity index (χ0v) is 7.77. The molecule has 0 aromatic heterocycles. The first-order valence-electron chi connectivity index (χ1n) is 4.67. The average Bonchev–Trinajstić information content (AvgIpc) is 2.70. The molecule has 4 nitrogen and oxygen atoms in total. The first kappa shape index (κ1) is 8.97. The van der Waals surface area contributed by atoms with E-state index in [0.717, 1.165) is 0 Å². The number of carbonyl (C=O) groups excluding carboxylic acids is 1. The van der Waals surface area contributed by atoms with Gasteiger partial charge in [-0.3, -0.25) is 4.79 Å². The predicted octanol–water partition coefficient (Wildman–Crippen LogP) is -0.0563. The van der Waals surface area contributed by atoms with E-state index in [0.29, 0.717) is 6.61 Å². The molecule has 0 aromatic rings. The van der Waals surface area contributed by atoms with Gasteiger partial charge in [-0.25, -0.2) is 0 Å². The Morgan fingerprint density at radius 2 is 2.31 bits per heavy atom. The number of aliphatic hydroxyl groups excluding tert-OH is 1. The summed E-state index contributed by atoms with van der Waals surface area (Å²) in [6.07, 6.45) is -0.732. The van der Waals surface area contributed by atoms with Crippen LogP contribution < -0.4 is 0 Å². The maximum Gasteiger partial charge on any atom is 0.312 e. The maximum absolute atomic E-state index is 11.3. The number of rotatable bonds is 2. The molecule has 1 aliphatic carbocycles. The topological polar surface area (TPSA) is 55.8 Å². The predicted molar refractivity (Wildman–Crippen MR) is 44.0 cm³/mol. The van der Waals surface area contributed by atoms with Gasteiger partial charge < -0.3 is 14.6 Å². The quantitative estimate of drug-likeness (QED) is 0.614. The lowest BCUT2D eigenvalue weighted by Gasteiger charge is -2.14. The highest BCUT2D eigenvalue weighted by molar-refractivity contribution is 5.77. The van der Waals surface area contributed by atoms with Crippen LogP contribution in [0.4, 0.5) is 0 Å². The van der Waals surface area contributed by atoms with E-state index in [2.05, 4.69) is 0 Å². The second kappa shape index (κ2) is 2.96. The van der Waals surface area contributed by atoms with Gasteiger partial charge in [-0.2, -0.15) is 0 Å². The molecule has 0 spiro atoms. The fourth-order valence-corrected chi connectivity index (χ4v) is 2.06. The Bertz CT molecular complexity index is 228. The molecule has 0 aromatic carbocycles. The highest BCUT2D eigenvalue weighted by Crippen LogP contribution is 2.52. The van der Waals surface area contributed by atoms with Crippen molar-refractivity contribution in [1.29, 1.82) is 0 Å². The minimum absolute atomic E-state index is 0.0194. The minimum atomic E-state index is -0.501. The van der Waals surface area contributed by atoms with Crippen LogP contribution in [0.25, 0.3) is 0 Å². The smallest absolute Gasteiger partial charge is 0.312 e. The third kappa shape index (κ3) is 1.25. The van der Waals surface area contributed by atoms with Crippen LogP contribution in [0.3, 0.4) is 0 Å². The molecule has 13 heavy (non-hydrogen) atoms. The monoisotopic (exact) mass is 186 g/mol. The molecule has 74 valence electrons. The maximum atomic E-state index is 11.3. The first-order valence-corrected chi connectivity index (χ1v) is 4.67. The molecule has 2 aliphatic rings. The van der Waals surface area contributed by atoms with Crippen LogP contribution >= 0.6 is 0 Å². The highest BCUT2D eigenvalue weighted by Gasteiger charge is 2.66. The third-order valence-electron chi connectivity index (χ3n) is 2.81. The zero-order chi connectivity index (χ0) is 9.59. The fraction of sp³-hybridized carbons (Fsp3) is 0.889. The van der Waals surface area contributed by atoms with Gasteiger partial charge in [0.1, 0.15) is 0 Å². The second-order valence-electron chi connectivity index (χ2n) is 3.65. The molecule has 4 heteroatoms. The summed E-state index contributed by atoms with van der Waals surface area (Å²) in [5, 5.41) is 9.56. The van der Waals surface area contributed by atoms with E-state index in [1.54, 1.807) is 6.92 Å². The first-order chi connectivity index (χ1) is 6.16. The molecule has 0 unspecified atom stereocenters. The molecule has 0 radical (unpaired) electrons. The van der Waals surface area contributed by atoms with Crippen molar-refractivity contribution in [2.75, 3.05) is 6.61 Å². The molecule has 0 bridgehead atoms. The van der Waals surface area contributed by atoms with Crippen molar-refractivity contribution in [2.45, 2.75) is 32.2 Å². The van der Waals surface area contributed by atoms with Gasteiger partial charge in [-0.1, -0.05) is 0 Å². The van der Waals surface area contributed by atoms with Gasteiger partial charge in [0.25, 0.3) is 0 Å². The standard InChI is InChI=1S/C9H14O4/c1-3-12-9(11)6-5-7(10)4(2)13-8(5)6/h4-8,10H,3H2,1-2H3/t4-,5-,6+,7-,8+/m0/s1. The van der Waals surface area contributed by atoms with Crippen molar-refractivity contribution in [3.8, 4) is 0 Å². The van der Waals surface area contributed by atoms with Crippen LogP contribution in [-0.4, -0.2) is 36.0 Å². The molecule has 1 saturated heterocycles. The summed E-state index contributed by atoms with van der Waals surface area (Å²) in [4.78, 5) is 11.3. The van der Waals surface area contributed by atoms with Crippen molar-refractivity contribution in [3.63, 3.8) is 0 Å². The normalized spacial score (nSPS) is 47.2. The molecule has 1 N–H and O–H groups in total. The van der Waals surface area contributed by atoms with Crippen molar-refractivity contribution < 1.29 is 19.4 Å². The lowest BCUT2D eigenvalue weighted by Crippen LogP contribution is -2.26. The summed E-state index contributed by atoms with van der Waals surface area (Å²) in [7, 11) is 0. The number of ether oxygens (including phenoxy) is 2. The molecular formula is C9H14O4. The molecule has 1 heterocycles. The summed E-state index contributed by atoms with van der Waals surface area (Å²) >= 11 is 0. The van der Waals surface area contributed by atoms with E-state index >= 15 is 0 Å². The number of esters is 1. The molecule has 0 amide bonds. The second-order valence-corrected chi connectivity index (χ2v) is 3.65. The van der Waals surface area contributed by atoms with Crippen LogP contribution in [-0.2, 0) is 14.3 Å².